The number of allylic oxidation sites excluding steroid dienone is 20. The molecule has 9 heteroatoms. The van der Waals surface area contributed by atoms with Crippen molar-refractivity contribution in [3.63, 3.8) is 0 Å². The van der Waals surface area contributed by atoms with E-state index in [9.17, 15) is 19.5 Å². The van der Waals surface area contributed by atoms with Gasteiger partial charge in [0, 0.05) is 12.8 Å². The first-order valence-electron chi connectivity index (χ1n) is 35.7. The number of carboxylic acid groups (broad SMARTS) is 1. The van der Waals surface area contributed by atoms with E-state index in [-0.39, 0.29) is 38.6 Å². The fourth-order valence-corrected chi connectivity index (χ4v) is 9.83. The number of hydrogen-bond acceptors (Lipinski definition) is 8. The molecule has 0 fully saturated rings. The lowest BCUT2D eigenvalue weighted by atomic mass is 10.0. The summed E-state index contributed by atoms with van der Waals surface area (Å²) in [5, 5.41) is 11.8. The maximum atomic E-state index is 12.9. The highest BCUT2D eigenvalue weighted by atomic mass is 16.7. The zero-order valence-electron chi connectivity index (χ0n) is 56.9. The van der Waals surface area contributed by atoms with Crippen molar-refractivity contribution in [2.24, 2.45) is 0 Å². The molecule has 0 aliphatic heterocycles. The number of aliphatic carboxylic acids is 1. The van der Waals surface area contributed by atoms with Gasteiger partial charge in [0.15, 0.2) is 12.4 Å². The van der Waals surface area contributed by atoms with Gasteiger partial charge in [-0.05, 0) is 103 Å². The van der Waals surface area contributed by atoms with E-state index in [1.54, 1.807) is 0 Å². The average molecular weight is 1210 g/mol. The first kappa shape index (κ1) is 82.7. The number of hydrogen-bond donors (Lipinski definition) is 0. The quantitative estimate of drug-likeness (QED) is 0.0195. The van der Waals surface area contributed by atoms with Gasteiger partial charge in [-0.3, -0.25) is 9.59 Å². The molecule has 0 bridgehead atoms. The standard InChI is InChI=1S/C78H133NO8/c1-6-8-10-12-14-16-18-20-22-24-26-28-30-32-34-36-38-40-42-44-46-48-50-52-54-56-58-60-62-64-66-68-75(80)85-72-74(73-86-78(77(82)83)84-71-70-79(3,4)5)87-76(81)69-67-65-63-61-59-57-55-53-51-49-47-45-43-41-39-37-35-33-31-29-27-25-23-21-19-17-15-13-11-9-7-2/h8-11,14-17,20-23,26-29,32-35,74,78H,6-7,12-13,18-19,24-25,30-31,36-73H2,1-5H3/b10-8-,11-9-,16-14-,17-15-,22-20-,23-21-,28-26-,29-27-,34-32-,35-33-. The molecule has 498 valence electrons. The first-order chi connectivity index (χ1) is 42.6. The number of esters is 2. The van der Waals surface area contributed by atoms with Crippen LogP contribution >= 0.6 is 0 Å². The van der Waals surface area contributed by atoms with Gasteiger partial charge < -0.3 is 33.3 Å². The molecule has 0 aromatic rings. The number of rotatable bonds is 65. The maximum Gasteiger partial charge on any atom is 0.306 e. The fourth-order valence-electron chi connectivity index (χ4n) is 9.83. The second-order valence-electron chi connectivity index (χ2n) is 24.8. The molecule has 0 aromatic carbocycles. The third kappa shape index (κ3) is 69.0. The number of quaternary nitrogens is 1. The molecule has 2 atom stereocenters. The summed E-state index contributed by atoms with van der Waals surface area (Å²) in [6.45, 7) is 4.54. The Labute approximate surface area is 536 Å². The van der Waals surface area contributed by atoms with Crippen LogP contribution in [0.25, 0.3) is 0 Å². The van der Waals surface area contributed by atoms with E-state index < -0.39 is 24.3 Å². The summed E-state index contributed by atoms with van der Waals surface area (Å²) in [6, 6.07) is 0. The lowest BCUT2D eigenvalue weighted by Crippen LogP contribution is -2.44. The van der Waals surface area contributed by atoms with Crippen LogP contribution in [0.4, 0.5) is 0 Å². The van der Waals surface area contributed by atoms with E-state index in [0.717, 1.165) is 103 Å². The van der Waals surface area contributed by atoms with Gasteiger partial charge in [0.25, 0.3) is 0 Å². The summed E-state index contributed by atoms with van der Waals surface area (Å²) in [7, 11) is 5.93. The lowest BCUT2D eigenvalue weighted by Gasteiger charge is -2.26. The van der Waals surface area contributed by atoms with E-state index in [0.29, 0.717) is 17.4 Å². The molecule has 87 heavy (non-hydrogen) atoms. The van der Waals surface area contributed by atoms with Gasteiger partial charge in [-0.1, -0.05) is 302 Å². The van der Waals surface area contributed by atoms with E-state index in [1.807, 2.05) is 21.1 Å². The molecule has 0 saturated heterocycles. The summed E-state index contributed by atoms with van der Waals surface area (Å²) in [4.78, 5) is 37.5. The Morgan fingerprint density at radius 3 is 0.920 bits per heavy atom. The monoisotopic (exact) mass is 1210 g/mol. The fraction of sp³-hybridized carbons (Fsp3) is 0.705. The lowest BCUT2D eigenvalue weighted by molar-refractivity contribution is -0.870. The van der Waals surface area contributed by atoms with Crippen molar-refractivity contribution < 1.29 is 42.9 Å². The minimum absolute atomic E-state index is 0.144. The molecule has 0 aliphatic carbocycles. The number of carbonyl (C=O) groups excluding carboxylic acids is 3. The minimum atomic E-state index is -1.63. The molecule has 0 aromatic heterocycles. The molecule has 0 saturated carbocycles. The van der Waals surface area contributed by atoms with Crippen LogP contribution in [0.2, 0.25) is 0 Å². The van der Waals surface area contributed by atoms with Gasteiger partial charge >= 0.3 is 11.9 Å². The van der Waals surface area contributed by atoms with Crippen LogP contribution in [-0.4, -0.2) is 82.3 Å². The van der Waals surface area contributed by atoms with Gasteiger partial charge in [0.05, 0.1) is 40.3 Å². The smallest absolute Gasteiger partial charge is 0.306 e. The predicted octanol–water partition coefficient (Wildman–Crippen LogP) is 21.0. The largest absolute Gasteiger partial charge is 0.545 e. The zero-order chi connectivity index (χ0) is 63.3. The van der Waals surface area contributed by atoms with Crippen LogP contribution in [0, 0.1) is 0 Å². The topological polar surface area (TPSA) is 111 Å². The molecule has 0 rings (SSSR count). The van der Waals surface area contributed by atoms with E-state index in [2.05, 4.69) is 135 Å². The molecule has 2 unspecified atom stereocenters. The predicted molar refractivity (Wildman–Crippen MR) is 370 cm³/mol. The Morgan fingerprint density at radius 1 is 0.345 bits per heavy atom. The van der Waals surface area contributed by atoms with E-state index in [1.165, 1.54) is 161 Å². The number of likely N-dealkylation sites (N-methyl/N-ethyl adjacent to an activating group) is 1. The number of ether oxygens (including phenoxy) is 4. The Bertz CT molecular complexity index is 1840. The minimum Gasteiger partial charge on any atom is -0.545 e. The molecule has 0 aliphatic rings. The second kappa shape index (κ2) is 67.6. The molecule has 0 radical (unpaired) electrons. The van der Waals surface area contributed by atoms with E-state index in [4.69, 9.17) is 18.9 Å². The molecule has 0 amide bonds. The van der Waals surface area contributed by atoms with Crippen molar-refractivity contribution in [1.82, 2.24) is 0 Å². The molecular formula is C78H133NO8. The van der Waals surface area contributed by atoms with Gasteiger partial charge in [-0.15, -0.1) is 0 Å². The summed E-state index contributed by atoms with van der Waals surface area (Å²) in [5.74, 6) is -2.28. The molecule has 0 heterocycles. The van der Waals surface area contributed by atoms with Crippen molar-refractivity contribution in [3.05, 3.63) is 122 Å². The van der Waals surface area contributed by atoms with Crippen molar-refractivity contribution in [2.75, 3.05) is 47.5 Å². The van der Waals surface area contributed by atoms with Crippen molar-refractivity contribution >= 4 is 17.9 Å². The Balaban J connectivity index is 4.11. The second-order valence-corrected chi connectivity index (χ2v) is 24.8. The number of unbranched alkanes of at least 4 members (excludes halogenated alkanes) is 30. The number of carbonyl (C=O) groups is 3. The Morgan fingerprint density at radius 2 is 0.621 bits per heavy atom. The third-order valence-corrected chi connectivity index (χ3v) is 15.2. The normalized spacial score (nSPS) is 13.4. The van der Waals surface area contributed by atoms with Gasteiger partial charge in [-0.2, -0.15) is 0 Å². The SMILES string of the molecule is CC/C=C\C/C=C\C/C=C\C/C=C\C/C=C\CCCCCCCCCCCCCCCCCC(=O)OCC(COC(OCC[N+](C)(C)C)C(=O)[O-])OC(=O)CCCCCCCCCCCCCCCCC/C=C\C/C=C\C/C=C\C/C=C\C/C=C\CC. The molecule has 0 spiro atoms. The third-order valence-electron chi connectivity index (χ3n) is 15.2. The van der Waals surface area contributed by atoms with Crippen molar-refractivity contribution in [2.45, 2.75) is 309 Å². The summed E-state index contributed by atoms with van der Waals surface area (Å²) >= 11 is 0. The molecule has 0 N–H and O–H groups in total. The first-order valence-corrected chi connectivity index (χ1v) is 35.7. The zero-order valence-corrected chi connectivity index (χ0v) is 56.9. The highest BCUT2D eigenvalue weighted by Gasteiger charge is 2.22. The Kier molecular flexibility index (Phi) is 64.3. The number of nitrogens with zero attached hydrogens (tertiary/aromatic N) is 1. The number of carboxylic acids is 1. The maximum absolute atomic E-state index is 12.9. The van der Waals surface area contributed by atoms with Gasteiger partial charge in [0.2, 0.25) is 0 Å². The van der Waals surface area contributed by atoms with Crippen LogP contribution < -0.4 is 5.11 Å². The van der Waals surface area contributed by atoms with Crippen molar-refractivity contribution in [3.8, 4) is 0 Å². The summed E-state index contributed by atoms with van der Waals surface area (Å²) in [6.07, 6.45) is 92.8. The van der Waals surface area contributed by atoms with Crippen LogP contribution in [0.15, 0.2) is 122 Å². The average Bonchev–Trinajstić information content (AvgIpc) is 3.51. The van der Waals surface area contributed by atoms with Crippen LogP contribution in [0.5, 0.6) is 0 Å². The molecular weight excluding hydrogens is 1080 g/mol. The van der Waals surface area contributed by atoms with E-state index >= 15 is 0 Å². The highest BCUT2D eigenvalue weighted by Crippen LogP contribution is 2.17. The van der Waals surface area contributed by atoms with Gasteiger partial charge in [0.1, 0.15) is 13.2 Å². The van der Waals surface area contributed by atoms with Gasteiger partial charge in [-0.25, -0.2) is 0 Å². The van der Waals surface area contributed by atoms with Crippen LogP contribution in [-0.2, 0) is 33.3 Å². The van der Waals surface area contributed by atoms with Crippen LogP contribution in [0.1, 0.15) is 296 Å². The molecule has 9 nitrogen and oxygen atoms in total. The Hall–Kier alpha value is -4.31. The van der Waals surface area contributed by atoms with Crippen LogP contribution in [0.3, 0.4) is 0 Å². The summed E-state index contributed by atoms with van der Waals surface area (Å²) in [5.41, 5.74) is 0. The van der Waals surface area contributed by atoms with Crippen molar-refractivity contribution in [1.29, 1.82) is 0 Å². The highest BCUT2D eigenvalue weighted by molar-refractivity contribution is 5.70. The summed E-state index contributed by atoms with van der Waals surface area (Å²) < 4.78 is 22.8.